The van der Waals surface area contributed by atoms with Crippen LogP contribution in [0.2, 0.25) is 0 Å². The molecule has 2 heteroatoms. The van der Waals surface area contributed by atoms with Gasteiger partial charge in [-0.25, -0.2) is 0 Å². The van der Waals surface area contributed by atoms with E-state index in [0.717, 1.165) is 6.61 Å². The SMILES string of the molecule is CC(C)OCC1(c2ccccc2Br)CC1. The van der Waals surface area contributed by atoms with Gasteiger partial charge in [0.15, 0.2) is 0 Å². The highest BCUT2D eigenvalue weighted by molar-refractivity contribution is 9.10. The molecule has 1 saturated carbocycles. The first-order valence-electron chi connectivity index (χ1n) is 5.51. The van der Waals surface area contributed by atoms with Crippen LogP contribution in [0.5, 0.6) is 0 Å². The van der Waals surface area contributed by atoms with Gasteiger partial charge in [0.2, 0.25) is 0 Å². The Morgan fingerprint density at radius 3 is 2.53 bits per heavy atom. The molecule has 0 heterocycles. The molecule has 0 amide bonds. The summed E-state index contributed by atoms with van der Waals surface area (Å²) in [6.07, 6.45) is 2.83. The van der Waals surface area contributed by atoms with Crippen LogP contribution in [-0.2, 0) is 10.2 Å². The first-order valence-corrected chi connectivity index (χ1v) is 6.30. The molecule has 0 bridgehead atoms. The second kappa shape index (κ2) is 4.26. The quantitative estimate of drug-likeness (QED) is 0.805. The smallest absolute Gasteiger partial charge is 0.0566 e. The number of benzene rings is 1. The van der Waals surface area contributed by atoms with Crippen molar-refractivity contribution in [3.8, 4) is 0 Å². The van der Waals surface area contributed by atoms with Crippen LogP contribution in [0.4, 0.5) is 0 Å². The second-order valence-corrected chi connectivity index (χ2v) is 5.47. The Labute approximate surface area is 100.0 Å². The van der Waals surface area contributed by atoms with Crippen LogP contribution in [0.25, 0.3) is 0 Å². The molecular weight excluding hydrogens is 252 g/mol. The number of rotatable bonds is 4. The minimum absolute atomic E-state index is 0.296. The Bertz CT molecular complexity index is 342. The van der Waals surface area contributed by atoms with Gasteiger partial charge >= 0.3 is 0 Å². The van der Waals surface area contributed by atoms with Crippen LogP contribution < -0.4 is 0 Å². The number of halogens is 1. The molecule has 0 saturated heterocycles. The van der Waals surface area contributed by atoms with Gasteiger partial charge in [-0.1, -0.05) is 34.1 Å². The lowest BCUT2D eigenvalue weighted by molar-refractivity contribution is 0.0618. The van der Waals surface area contributed by atoms with Crippen molar-refractivity contribution in [2.45, 2.75) is 38.2 Å². The number of ether oxygens (including phenoxy) is 1. The normalized spacial score (nSPS) is 18.1. The van der Waals surface area contributed by atoms with Gasteiger partial charge in [-0.15, -0.1) is 0 Å². The summed E-state index contributed by atoms with van der Waals surface area (Å²) in [5, 5.41) is 0. The summed E-state index contributed by atoms with van der Waals surface area (Å²) in [6.45, 7) is 5.04. The van der Waals surface area contributed by atoms with Gasteiger partial charge in [-0.05, 0) is 38.3 Å². The molecule has 0 atom stereocenters. The molecule has 1 aromatic carbocycles. The standard InChI is InChI=1S/C13H17BrO/c1-10(2)15-9-13(7-8-13)11-5-3-4-6-12(11)14/h3-6,10H,7-9H2,1-2H3. The van der Waals surface area contributed by atoms with Gasteiger partial charge in [0.1, 0.15) is 0 Å². The molecule has 1 fully saturated rings. The van der Waals surface area contributed by atoms with E-state index >= 15 is 0 Å². The molecule has 0 radical (unpaired) electrons. The van der Waals surface area contributed by atoms with Crippen molar-refractivity contribution in [2.75, 3.05) is 6.61 Å². The number of hydrogen-bond donors (Lipinski definition) is 0. The van der Waals surface area contributed by atoms with Crippen LogP contribution in [0.3, 0.4) is 0 Å². The zero-order valence-corrected chi connectivity index (χ0v) is 10.9. The molecule has 2 rings (SSSR count). The molecule has 0 aliphatic heterocycles. The van der Waals surface area contributed by atoms with E-state index in [0.29, 0.717) is 11.5 Å². The van der Waals surface area contributed by atoms with Crippen molar-refractivity contribution in [3.05, 3.63) is 34.3 Å². The lowest BCUT2D eigenvalue weighted by Crippen LogP contribution is -2.18. The first-order chi connectivity index (χ1) is 7.14. The van der Waals surface area contributed by atoms with Gasteiger partial charge in [-0.3, -0.25) is 0 Å². The fourth-order valence-electron chi connectivity index (χ4n) is 1.86. The third-order valence-corrected chi connectivity index (χ3v) is 3.68. The lowest BCUT2D eigenvalue weighted by atomic mass is 9.97. The Hall–Kier alpha value is -0.340. The molecular formula is C13H17BrO. The summed E-state index contributed by atoms with van der Waals surface area (Å²) in [5.41, 5.74) is 1.70. The summed E-state index contributed by atoms with van der Waals surface area (Å²) in [6, 6.07) is 8.49. The van der Waals surface area contributed by atoms with E-state index in [-0.39, 0.29) is 0 Å². The minimum Gasteiger partial charge on any atom is -0.378 e. The zero-order valence-electron chi connectivity index (χ0n) is 9.29. The molecule has 1 nitrogen and oxygen atoms in total. The van der Waals surface area contributed by atoms with Crippen molar-refractivity contribution in [1.82, 2.24) is 0 Å². The summed E-state index contributed by atoms with van der Waals surface area (Å²) in [5.74, 6) is 0. The highest BCUT2D eigenvalue weighted by Gasteiger charge is 2.45. The zero-order chi connectivity index (χ0) is 10.9. The third kappa shape index (κ3) is 2.43. The molecule has 82 valence electrons. The lowest BCUT2D eigenvalue weighted by Gasteiger charge is -2.19. The van der Waals surface area contributed by atoms with E-state index in [1.807, 2.05) is 0 Å². The molecule has 0 N–H and O–H groups in total. The van der Waals surface area contributed by atoms with Crippen LogP contribution in [-0.4, -0.2) is 12.7 Å². The van der Waals surface area contributed by atoms with Gasteiger partial charge in [-0.2, -0.15) is 0 Å². The summed E-state index contributed by atoms with van der Waals surface area (Å²) >= 11 is 3.62. The van der Waals surface area contributed by atoms with Crippen molar-refractivity contribution in [1.29, 1.82) is 0 Å². The fraction of sp³-hybridized carbons (Fsp3) is 0.538. The maximum Gasteiger partial charge on any atom is 0.0566 e. The van der Waals surface area contributed by atoms with E-state index in [1.165, 1.54) is 22.9 Å². The van der Waals surface area contributed by atoms with Crippen LogP contribution >= 0.6 is 15.9 Å². The third-order valence-electron chi connectivity index (χ3n) is 2.99. The highest BCUT2D eigenvalue weighted by atomic mass is 79.9. The van der Waals surface area contributed by atoms with Gasteiger partial charge in [0, 0.05) is 9.89 Å². The summed E-state index contributed by atoms with van der Waals surface area (Å²) in [4.78, 5) is 0. The Balaban J connectivity index is 2.13. The van der Waals surface area contributed by atoms with Crippen molar-refractivity contribution < 1.29 is 4.74 Å². The van der Waals surface area contributed by atoms with E-state index in [2.05, 4.69) is 54.0 Å². The summed E-state index contributed by atoms with van der Waals surface area (Å²) in [7, 11) is 0. The Morgan fingerprint density at radius 2 is 2.00 bits per heavy atom. The minimum atomic E-state index is 0.296. The highest BCUT2D eigenvalue weighted by Crippen LogP contribution is 2.50. The first kappa shape index (κ1) is 11.2. The topological polar surface area (TPSA) is 9.23 Å². The molecule has 0 aromatic heterocycles. The maximum atomic E-state index is 5.76. The number of hydrogen-bond acceptors (Lipinski definition) is 1. The predicted molar refractivity (Wildman–Crippen MR) is 66.1 cm³/mol. The van der Waals surface area contributed by atoms with Gasteiger partial charge in [0.05, 0.1) is 12.7 Å². The van der Waals surface area contributed by atoms with E-state index < -0.39 is 0 Å². The monoisotopic (exact) mass is 268 g/mol. The molecule has 15 heavy (non-hydrogen) atoms. The van der Waals surface area contributed by atoms with Crippen LogP contribution in [0.15, 0.2) is 28.7 Å². The van der Waals surface area contributed by atoms with Crippen LogP contribution in [0.1, 0.15) is 32.3 Å². The van der Waals surface area contributed by atoms with Crippen molar-refractivity contribution >= 4 is 15.9 Å². The Morgan fingerprint density at radius 1 is 1.33 bits per heavy atom. The molecule has 1 aliphatic carbocycles. The predicted octanol–water partition coefficient (Wildman–Crippen LogP) is 3.91. The molecule has 0 unspecified atom stereocenters. The van der Waals surface area contributed by atoms with Crippen LogP contribution in [0, 0.1) is 0 Å². The largest absolute Gasteiger partial charge is 0.378 e. The van der Waals surface area contributed by atoms with E-state index in [1.54, 1.807) is 0 Å². The average Bonchev–Trinajstić information content (AvgIpc) is 2.97. The van der Waals surface area contributed by atoms with E-state index in [9.17, 15) is 0 Å². The molecule has 1 aromatic rings. The fourth-order valence-corrected chi connectivity index (χ4v) is 2.57. The van der Waals surface area contributed by atoms with Gasteiger partial charge in [0.25, 0.3) is 0 Å². The average molecular weight is 269 g/mol. The molecule has 0 spiro atoms. The van der Waals surface area contributed by atoms with Gasteiger partial charge < -0.3 is 4.74 Å². The molecule has 1 aliphatic rings. The second-order valence-electron chi connectivity index (χ2n) is 4.62. The summed E-state index contributed by atoms with van der Waals surface area (Å²) < 4.78 is 6.98. The van der Waals surface area contributed by atoms with E-state index in [4.69, 9.17) is 4.74 Å². The Kier molecular flexibility index (Phi) is 3.17. The maximum absolute atomic E-state index is 5.76. The van der Waals surface area contributed by atoms with Crippen molar-refractivity contribution in [3.63, 3.8) is 0 Å². The van der Waals surface area contributed by atoms with Crippen molar-refractivity contribution in [2.24, 2.45) is 0 Å².